The van der Waals surface area contributed by atoms with Crippen molar-refractivity contribution in [3.05, 3.63) is 89.9 Å². The molecule has 0 saturated heterocycles. The topological polar surface area (TPSA) is 60.7 Å². The first-order valence-corrected chi connectivity index (χ1v) is 11.5. The van der Waals surface area contributed by atoms with Crippen LogP contribution in [-0.4, -0.2) is 26.2 Å². The van der Waals surface area contributed by atoms with Gasteiger partial charge in [-0.15, -0.1) is 0 Å². The number of para-hydroxylation sites is 1. The van der Waals surface area contributed by atoms with E-state index in [-0.39, 0.29) is 11.7 Å². The molecule has 1 heterocycles. The van der Waals surface area contributed by atoms with Crippen molar-refractivity contribution >= 4 is 22.4 Å². The molecule has 0 spiro atoms. The third kappa shape index (κ3) is 5.54. The Morgan fingerprint density at radius 2 is 1.86 bits per heavy atom. The van der Waals surface area contributed by atoms with Crippen molar-refractivity contribution in [3.63, 3.8) is 0 Å². The van der Waals surface area contributed by atoms with E-state index < -0.39 is 0 Å². The molecule has 1 aromatic heterocycles. The summed E-state index contributed by atoms with van der Waals surface area (Å²) in [6, 6.07) is 17.8. The lowest BCUT2D eigenvalue weighted by atomic mass is 9.99. The predicted octanol–water partition coefficient (Wildman–Crippen LogP) is 6.41. The van der Waals surface area contributed by atoms with Gasteiger partial charge < -0.3 is 19.2 Å². The van der Waals surface area contributed by atoms with E-state index >= 15 is 0 Å². The molecule has 3 aromatic carbocycles. The Bertz CT molecular complexity index is 1360. The number of carbonyl (C=O) groups is 1. The normalized spacial score (nSPS) is 11.5. The Hall–Kier alpha value is -4.06. The first-order chi connectivity index (χ1) is 17.0. The fraction of sp³-hybridized carbons (Fsp3) is 0.207. The fourth-order valence-corrected chi connectivity index (χ4v) is 4.05. The van der Waals surface area contributed by atoms with Crippen LogP contribution in [0, 0.1) is 5.82 Å². The van der Waals surface area contributed by atoms with Crippen molar-refractivity contribution < 1.29 is 23.1 Å². The van der Waals surface area contributed by atoms with E-state index in [1.807, 2.05) is 50.2 Å². The van der Waals surface area contributed by atoms with Crippen LogP contribution in [-0.2, 0) is 11.2 Å². The highest BCUT2D eigenvalue weighted by molar-refractivity contribution is 6.00. The average molecular weight is 474 g/mol. The van der Waals surface area contributed by atoms with Crippen molar-refractivity contribution in [3.8, 4) is 22.6 Å². The minimum atomic E-state index is -0.295. The van der Waals surface area contributed by atoms with Crippen molar-refractivity contribution in [1.29, 1.82) is 0 Å². The summed E-state index contributed by atoms with van der Waals surface area (Å²) in [5.74, 6) is 0.957. The molecule has 1 N–H and O–H groups in total. The van der Waals surface area contributed by atoms with Gasteiger partial charge in [-0.2, -0.15) is 0 Å². The highest BCUT2D eigenvalue weighted by Gasteiger charge is 2.15. The molecule has 180 valence electrons. The summed E-state index contributed by atoms with van der Waals surface area (Å²) in [4.78, 5) is 12.7. The molecule has 0 aliphatic rings. The van der Waals surface area contributed by atoms with Crippen LogP contribution in [0.25, 0.3) is 27.7 Å². The molecule has 0 aliphatic carbocycles. The van der Waals surface area contributed by atoms with Crippen LogP contribution in [0.3, 0.4) is 0 Å². The van der Waals surface area contributed by atoms with E-state index in [0.717, 1.165) is 39.0 Å². The molecule has 0 atom stereocenters. The number of allylic oxidation sites excluding steroid dienone is 1. The zero-order chi connectivity index (χ0) is 24.8. The van der Waals surface area contributed by atoms with E-state index in [0.29, 0.717) is 30.9 Å². The minimum absolute atomic E-state index is 0.189. The Labute approximate surface area is 204 Å². The van der Waals surface area contributed by atoms with E-state index in [9.17, 15) is 9.18 Å². The third-order valence-electron chi connectivity index (χ3n) is 5.79. The highest BCUT2D eigenvalue weighted by atomic mass is 19.1. The Morgan fingerprint density at radius 1 is 1.09 bits per heavy atom. The highest BCUT2D eigenvalue weighted by Crippen LogP contribution is 2.37. The number of amides is 1. The number of methoxy groups -OCH3 is 1. The molecule has 0 radical (unpaired) electrons. The third-order valence-corrected chi connectivity index (χ3v) is 5.79. The maximum Gasteiger partial charge on any atom is 0.244 e. The quantitative estimate of drug-likeness (QED) is 0.286. The summed E-state index contributed by atoms with van der Waals surface area (Å²) < 4.78 is 30.4. The molecule has 0 saturated carbocycles. The second-order valence-electron chi connectivity index (χ2n) is 8.11. The van der Waals surface area contributed by atoms with Gasteiger partial charge in [0.05, 0.1) is 20.0 Å². The number of ether oxygens (including phenoxy) is 2. The fourth-order valence-electron chi connectivity index (χ4n) is 4.05. The van der Waals surface area contributed by atoms with E-state index in [2.05, 4.69) is 5.32 Å². The smallest absolute Gasteiger partial charge is 0.244 e. The molecule has 35 heavy (non-hydrogen) atoms. The van der Waals surface area contributed by atoms with Crippen molar-refractivity contribution in [1.82, 2.24) is 5.32 Å². The Morgan fingerprint density at radius 3 is 2.60 bits per heavy atom. The van der Waals surface area contributed by atoms with Gasteiger partial charge in [-0.3, -0.25) is 4.79 Å². The van der Waals surface area contributed by atoms with Crippen LogP contribution in [0.2, 0.25) is 0 Å². The SMILES string of the molecule is CCOc1cc2occ(-c3ccc(F)cc3)c2cc1/C(C)=C/C(=O)NCCc1ccccc1OC. The molecule has 5 nitrogen and oxygen atoms in total. The number of carbonyl (C=O) groups excluding carboxylic acids is 1. The van der Waals surface area contributed by atoms with Crippen molar-refractivity contribution in [2.75, 3.05) is 20.3 Å². The van der Waals surface area contributed by atoms with E-state index in [4.69, 9.17) is 13.9 Å². The van der Waals surface area contributed by atoms with Gasteiger partial charge in [-0.05, 0) is 61.2 Å². The zero-order valence-electron chi connectivity index (χ0n) is 20.1. The van der Waals surface area contributed by atoms with Crippen LogP contribution < -0.4 is 14.8 Å². The second-order valence-corrected chi connectivity index (χ2v) is 8.11. The lowest BCUT2D eigenvalue weighted by Gasteiger charge is -2.12. The van der Waals surface area contributed by atoms with Gasteiger partial charge in [-0.25, -0.2) is 4.39 Å². The first-order valence-electron chi connectivity index (χ1n) is 11.5. The standard InChI is InChI=1S/C29H28FNO4/c1-4-34-27-17-28-24(25(18-35-28)20-9-11-22(30)12-10-20)16-23(27)19(2)15-29(32)31-14-13-21-7-5-6-8-26(21)33-3/h5-12,15-18H,4,13-14H2,1-3H3,(H,31,32)/b19-15+. The van der Waals surface area contributed by atoms with Gasteiger partial charge >= 0.3 is 0 Å². The molecule has 0 fully saturated rings. The predicted molar refractivity (Wildman–Crippen MR) is 136 cm³/mol. The maximum absolute atomic E-state index is 13.4. The molecule has 0 bridgehead atoms. The number of benzene rings is 3. The molecule has 4 rings (SSSR count). The minimum Gasteiger partial charge on any atom is -0.496 e. The van der Waals surface area contributed by atoms with Gasteiger partial charge in [-0.1, -0.05) is 30.3 Å². The number of hydrogen-bond acceptors (Lipinski definition) is 4. The lowest BCUT2D eigenvalue weighted by Crippen LogP contribution is -2.24. The van der Waals surface area contributed by atoms with Crippen LogP contribution in [0.15, 0.2) is 77.4 Å². The number of nitrogens with one attached hydrogen (secondary N) is 1. The second kappa shape index (κ2) is 10.9. The Kier molecular flexibility index (Phi) is 7.51. The summed E-state index contributed by atoms with van der Waals surface area (Å²) in [6.45, 7) is 4.74. The Balaban J connectivity index is 1.57. The molecular formula is C29H28FNO4. The van der Waals surface area contributed by atoms with Crippen LogP contribution in [0.1, 0.15) is 25.0 Å². The van der Waals surface area contributed by atoms with Gasteiger partial charge in [0.2, 0.25) is 5.91 Å². The number of furan rings is 1. The summed E-state index contributed by atoms with van der Waals surface area (Å²) >= 11 is 0. The first kappa shape index (κ1) is 24.1. The number of fused-ring (bicyclic) bond motifs is 1. The van der Waals surface area contributed by atoms with E-state index in [1.165, 1.54) is 12.1 Å². The molecule has 6 heteroatoms. The van der Waals surface area contributed by atoms with E-state index in [1.54, 1.807) is 31.6 Å². The number of rotatable bonds is 9. The summed E-state index contributed by atoms with van der Waals surface area (Å²) in [5, 5.41) is 3.80. The largest absolute Gasteiger partial charge is 0.496 e. The number of hydrogen-bond donors (Lipinski definition) is 1. The van der Waals surface area contributed by atoms with Crippen molar-refractivity contribution in [2.24, 2.45) is 0 Å². The molecule has 0 aliphatic heterocycles. The molecule has 4 aromatic rings. The zero-order valence-corrected chi connectivity index (χ0v) is 20.1. The van der Waals surface area contributed by atoms with Crippen LogP contribution >= 0.6 is 0 Å². The molecule has 0 unspecified atom stereocenters. The van der Waals surface area contributed by atoms with Crippen LogP contribution in [0.4, 0.5) is 4.39 Å². The van der Waals surface area contributed by atoms with Crippen molar-refractivity contribution in [2.45, 2.75) is 20.3 Å². The van der Waals surface area contributed by atoms with Gasteiger partial charge in [0.25, 0.3) is 0 Å². The molecular weight excluding hydrogens is 445 g/mol. The number of halogens is 1. The van der Waals surface area contributed by atoms with Gasteiger partial charge in [0.15, 0.2) is 0 Å². The van der Waals surface area contributed by atoms with Gasteiger partial charge in [0.1, 0.15) is 22.9 Å². The van der Waals surface area contributed by atoms with Gasteiger partial charge in [0, 0.05) is 35.2 Å². The maximum atomic E-state index is 13.4. The average Bonchev–Trinajstić information content (AvgIpc) is 3.27. The summed E-state index contributed by atoms with van der Waals surface area (Å²) in [7, 11) is 1.64. The molecule has 1 amide bonds. The van der Waals surface area contributed by atoms with Crippen LogP contribution in [0.5, 0.6) is 11.5 Å². The summed E-state index contributed by atoms with van der Waals surface area (Å²) in [5.41, 5.74) is 4.94. The monoisotopic (exact) mass is 473 g/mol. The summed E-state index contributed by atoms with van der Waals surface area (Å²) in [6.07, 6.45) is 3.89. The lowest BCUT2D eigenvalue weighted by molar-refractivity contribution is -0.116.